The Balaban J connectivity index is 1.80. The molecular weight excluding hydrogens is 329 g/mol. The minimum Gasteiger partial charge on any atom is -0.350 e. The molecule has 3 aromatic rings. The molecule has 0 spiro atoms. The average Bonchev–Trinajstić information content (AvgIpc) is 2.90. The molecule has 0 unspecified atom stereocenters. The van der Waals surface area contributed by atoms with Crippen molar-refractivity contribution in [2.24, 2.45) is 0 Å². The van der Waals surface area contributed by atoms with Crippen molar-refractivity contribution in [1.82, 2.24) is 4.98 Å². The Morgan fingerprint density at radius 1 is 1.04 bits per heavy atom. The van der Waals surface area contributed by atoms with Crippen LogP contribution in [0.2, 0.25) is 5.02 Å². The summed E-state index contributed by atoms with van der Waals surface area (Å²) in [5.41, 5.74) is 0.507. The van der Waals surface area contributed by atoms with Gasteiger partial charge in [0.25, 0.3) is 5.91 Å². The summed E-state index contributed by atoms with van der Waals surface area (Å²) in [5.74, 6) is -0.447. The highest BCUT2D eigenvalue weighted by atomic mass is 35.5. The van der Waals surface area contributed by atoms with E-state index >= 15 is 0 Å². The van der Waals surface area contributed by atoms with Gasteiger partial charge in [-0.3, -0.25) is 4.79 Å². The molecule has 0 aliphatic rings. The number of aromatic nitrogens is 1. The van der Waals surface area contributed by atoms with Gasteiger partial charge >= 0.3 is 6.18 Å². The number of hydrogen-bond donors (Lipinski definition) is 2. The van der Waals surface area contributed by atoms with E-state index in [2.05, 4.69) is 10.3 Å². The van der Waals surface area contributed by atoms with E-state index in [1.54, 1.807) is 24.3 Å². The largest absolute Gasteiger partial charge is 0.416 e. The van der Waals surface area contributed by atoms with E-state index in [1.807, 2.05) is 0 Å². The molecule has 118 valence electrons. The summed E-state index contributed by atoms with van der Waals surface area (Å²) in [6.45, 7) is 0. The molecule has 3 nitrogen and oxygen atoms in total. The fourth-order valence-electron chi connectivity index (χ4n) is 2.16. The molecule has 1 aromatic heterocycles. The van der Waals surface area contributed by atoms with Crippen molar-refractivity contribution in [2.45, 2.75) is 6.18 Å². The number of rotatable bonds is 2. The highest BCUT2D eigenvalue weighted by molar-refractivity contribution is 6.31. The van der Waals surface area contributed by atoms with E-state index in [0.29, 0.717) is 16.2 Å². The molecule has 0 fully saturated rings. The fraction of sp³-hybridized carbons (Fsp3) is 0.0625. The number of anilines is 1. The minimum absolute atomic E-state index is 0.277. The normalized spacial score (nSPS) is 11.7. The highest BCUT2D eigenvalue weighted by Gasteiger charge is 2.30. The maximum Gasteiger partial charge on any atom is 0.416 e. The van der Waals surface area contributed by atoms with Gasteiger partial charge in [-0.25, -0.2) is 0 Å². The Hall–Kier alpha value is -2.47. The molecular formula is C16H10ClF3N2O. The van der Waals surface area contributed by atoms with Crippen LogP contribution in [0.1, 0.15) is 16.1 Å². The lowest BCUT2D eigenvalue weighted by atomic mass is 10.2. The monoisotopic (exact) mass is 338 g/mol. The number of alkyl halides is 3. The van der Waals surface area contributed by atoms with Crippen molar-refractivity contribution >= 4 is 34.1 Å². The second-order valence-electron chi connectivity index (χ2n) is 4.94. The number of carbonyl (C=O) groups is 1. The third kappa shape index (κ3) is 3.32. The van der Waals surface area contributed by atoms with Gasteiger partial charge in [0.2, 0.25) is 0 Å². The number of nitrogens with one attached hydrogen (secondary N) is 2. The molecule has 2 N–H and O–H groups in total. The molecule has 2 aromatic carbocycles. The van der Waals surface area contributed by atoms with E-state index in [1.165, 1.54) is 12.1 Å². The molecule has 7 heteroatoms. The predicted octanol–water partition coefficient (Wildman–Crippen LogP) is 5.09. The Kier molecular flexibility index (Phi) is 3.77. The maximum atomic E-state index is 12.5. The second-order valence-corrected chi connectivity index (χ2v) is 5.38. The van der Waals surface area contributed by atoms with Gasteiger partial charge in [0, 0.05) is 21.6 Å². The third-order valence-electron chi connectivity index (χ3n) is 3.30. The van der Waals surface area contributed by atoms with Gasteiger partial charge in [-0.05, 0) is 42.5 Å². The summed E-state index contributed by atoms with van der Waals surface area (Å²) < 4.78 is 37.5. The molecule has 0 saturated carbocycles. The van der Waals surface area contributed by atoms with Crippen molar-refractivity contribution in [3.05, 3.63) is 64.8 Å². The topological polar surface area (TPSA) is 44.9 Å². The van der Waals surface area contributed by atoms with Gasteiger partial charge in [0.15, 0.2) is 0 Å². The molecule has 23 heavy (non-hydrogen) atoms. The zero-order valence-corrected chi connectivity index (χ0v) is 12.3. The van der Waals surface area contributed by atoms with Crippen LogP contribution >= 0.6 is 11.6 Å². The van der Waals surface area contributed by atoms with Crippen molar-refractivity contribution in [2.75, 3.05) is 5.32 Å². The standard InChI is InChI=1S/C16H10ClF3N2O/c17-11-4-1-9-7-14(22-13(9)8-11)15(23)21-12-5-2-10(3-6-12)16(18,19)20/h1-8,22H,(H,21,23). The number of hydrogen-bond acceptors (Lipinski definition) is 1. The molecule has 0 radical (unpaired) electrons. The van der Waals surface area contributed by atoms with E-state index in [4.69, 9.17) is 11.6 Å². The van der Waals surface area contributed by atoms with Crippen LogP contribution in [0.4, 0.5) is 18.9 Å². The number of carbonyl (C=O) groups excluding carboxylic acids is 1. The summed E-state index contributed by atoms with van der Waals surface area (Å²) in [7, 11) is 0. The highest BCUT2D eigenvalue weighted by Crippen LogP contribution is 2.30. The smallest absolute Gasteiger partial charge is 0.350 e. The van der Waals surface area contributed by atoms with Gasteiger partial charge in [-0.1, -0.05) is 17.7 Å². The number of benzene rings is 2. The lowest BCUT2D eigenvalue weighted by Crippen LogP contribution is -2.12. The van der Waals surface area contributed by atoms with Gasteiger partial charge in [-0.15, -0.1) is 0 Å². The molecule has 0 atom stereocenters. The second kappa shape index (κ2) is 5.62. The van der Waals surface area contributed by atoms with Gasteiger partial charge in [0.05, 0.1) is 5.56 Å². The number of aromatic amines is 1. The summed E-state index contributed by atoms with van der Waals surface area (Å²) in [5, 5.41) is 3.89. The molecule has 0 aliphatic carbocycles. The summed E-state index contributed by atoms with van der Waals surface area (Å²) in [4.78, 5) is 15.1. The van der Waals surface area contributed by atoms with Crippen LogP contribution in [0, 0.1) is 0 Å². The average molecular weight is 339 g/mol. The summed E-state index contributed by atoms with van der Waals surface area (Å²) >= 11 is 5.88. The van der Waals surface area contributed by atoms with Crippen molar-refractivity contribution < 1.29 is 18.0 Å². The van der Waals surface area contributed by atoms with Crippen molar-refractivity contribution in [3.8, 4) is 0 Å². The Morgan fingerprint density at radius 3 is 2.39 bits per heavy atom. The first-order valence-corrected chi connectivity index (χ1v) is 6.97. The fourth-order valence-corrected chi connectivity index (χ4v) is 2.33. The van der Waals surface area contributed by atoms with Gasteiger partial charge < -0.3 is 10.3 Å². The zero-order chi connectivity index (χ0) is 16.6. The van der Waals surface area contributed by atoms with Gasteiger partial charge in [-0.2, -0.15) is 13.2 Å². The summed E-state index contributed by atoms with van der Waals surface area (Å²) in [6.07, 6.45) is -4.40. The van der Waals surface area contributed by atoms with Crippen LogP contribution in [-0.2, 0) is 6.18 Å². The van der Waals surface area contributed by atoms with Crippen LogP contribution in [0.25, 0.3) is 10.9 Å². The summed E-state index contributed by atoms with van der Waals surface area (Å²) in [6, 6.07) is 11.1. The van der Waals surface area contributed by atoms with Crippen molar-refractivity contribution in [1.29, 1.82) is 0 Å². The lowest BCUT2D eigenvalue weighted by Gasteiger charge is -2.08. The van der Waals surface area contributed by atoms with E-state index in [0.717, 1.165) is 17.5 Å². The predicted molar refractivity (Wildman–Crippen MR) is 82.7 cm³/mol. The van der Waals surface area contributed by atoms with Crippen LogP contribution in [0.5, 0.6) is 0 Å². The molecule has 1 heterocycles. The van der Waals surface area contributed by atoms with E-state index in [9.17, 15) is 18.0 Å². The first-order chi connectivity index (χ1) is 10.8. The quantitative estimate of drug-likeness (QED) is 0.671. The molecule has 0 bridgehead atoms. The SMILES string of the molecule is O=C(Nc1ccc(C(F)(F)F)cc1)c1cc2ccc(Cl)cc2[nH]1. The molecule has 0 aliphatic heterocycles. The lowest BCUT2D eigenvalue weighted by molar-refractivity contribution is -0.137. The third-order valence-corrected chi connectivity index (χ3v) is 3.53. The zero-order valence-electron chi connectivity index (χ0n) is 11.5. The van der Waals surface area contributed by atoms with Crippen LogP contribution in [0.3, 0.4) is 0 Å². The number of halogens is 4. The Morgan fingerprint density at radius 2 is 1.74 bits per heavy atom. The molecule has 3 rings (SSSR count). The molecule has 0 saturated heterocycles. The number of H-pyrrole nitrogens is 1. The van der Waals surface area contributed by atoms with Crippen molar-refractivity contribution in [3.63, 3.8) is 0 Å². The Bertz CT molecular complexity index is 869. The van der Waals surface area contributed by atoms with E-state index < -0.39 is 17.6 Å². The van der Waals surface area contributed by atoms with Gasteiger partial charge in [0.1, 0.15) is 5.69 Å². The number of amides is 1. The van der Waals surface area contributed by atoms with Crippen LogP contribution < -0.4 is 5.32 Å². The minimum atomic E-state index is -4.40. The first kappa shape index (κ1) is 15.4. The van der Waals surface area contributed by atoms with Crippen LogP contribution in [-0.4, -0.2) is 10.9 Å². The molecule has 1 amide bonds. The van der Waals surface area contributed by atoms with Crippen LogP contribution in [0.15, 0.2) is 48.5 Å². The Labute approximate surface area is 134 Å². The van der Waals surface area contributed by atoms with E-state index in [-0.39, 0.29) is 5.69 Å². The maximum absolute atomic E-state index is 12.5. The number of fused-ring (bicyclic) bond motifs is 1. The first-order valence-electron chi connectivity index (χ1n) is 6.60.